The highest BCUT2D eigenvalue weighted by atomic mass is 127. The summed E-state index contributed by atoms with van der Waals surface area (Å²) in [6, 6.07) is 0. The van der Waals surface area contributed by atoms with Gasteiger partial charge in [-0.05, 0) is 12.8 Å². The van der Waals surface area contributed by atoms with Crippen molar-refractivity contribution in [1.82, 2.24) is 12.3 Å². The zero-order chi connectivity index (χ0) is 9.56. The number of carbonyl (C=O) groups is 2. The van der Waals surface area contributed by atoms with E-state index in [4.69, 9.17) is 0 Å². The SMILES string of the molecule is CCCC(=O)OC(=O)C(Br)CC.I.N.N. The van der Waals surface area contributed by atoms with E-state index in [9.17, 15) is 9.59 Å². The lowest BCUT2D eigenvalue weighted by Gasteiger charge is -2.04. The molecule has 0 aliphatic rings. The van der Waals surface area contributed by atoms with E-state index < -0.39 is 11.9 Å². The molecule has 15 heavy (non-hydrogen) atoms. The standard InChI is InChI=1S/C8H13BrO3.HI.2H3N/c1-3-5-7(10)12-8(11)6(9)4-2;;;/h6H,3-5H2,1-2H3;1H;2*1H3. The van der Waals surface area contributed by atoms with Crippen LogP contribution in [-0.4, -0.2) is 16.8 Å². The summed E-state index contributed by atoms with van der Waals surface area (Å²) in [5.74, 6) is -0.934. The lowest BCUT2D eigenvalue weighted by molar-refractivity contribution is -0.159. The number of carbonyl (C=O) groups excluding carboxylic acids is 2. The van der Waals surface area contributed by atoms with E-state index in [-0.39, 0.29) is 41.1 Å². The number of rotatable bonds is 4. The Morgan fingerprint density at radius 1 is 1.27 bits per heavy atom. The van der Waals surface area contributed by atoms with Gasteiger partial charge in [-0.2, -0.15) is 0 Å². The minimum Gasteiger partial charge on any atom is -0.392 e. The summed E-state index contributed by atoms with van der Waals surface area (Å²) in [6.45, 7) is 3.70. The van der Waals surface area contributed by atoms with Crippen LogP contribution in [0.25, 0.3) is 0 Å². The fraction of sp³-hybridized carbons (Fsp3) is 0.750. The van der Waals surface area contributed by atoms with E-state index in [0.29, 0.717) is 19.3 Å². The molecule has 0 saturated heterocycles. The Kier molecular flexibility index (Phi) is 23.3. The summed E-state index contributed by atoms with van der Waals surface area (Å²) < 4.78 is 4.52. The Balaban J connectivity index is -0.000000202. The minimum absolute atomic E-state index is 0. The highest BCUT2D eigenvalue weighted by Gasteiger charge is 2.16. The summed E-state index contributed by atoms with van der Waals surface area (Å²) in [5, 5.41) is 0. The molecular weight excluding hydrogens is 379 g/mol. The number of alkyl halides is 1. The highest BCUT2D eigenvalue weighted by Crippen LogP contribution is 2.07. The van der Waals surface area contributed by atoms with Crippen molar-refractivity contribution in [1.29, 1.82) is 0 Å². The van der Waals surface area contributed by atoms with Crippen LogP contribution in [0.1, 0.15) is 33.1 Å². The first-order valence-corrected chi connectivity index (χ1v) is 4.92. The van der Waals surface area contributed by atoms with Crippen molar-refractivity contribution < 1.29 is 14.3 Å². The molecule has 0 rings (SSSR count). The molecule has 0 aliphatic heterocycles. The molecule has 7 heteroatoms. The van der Waals surface area contributed by atoms with Crippen LogP contribution < -0.4 is 12.3 Å². The van der Waals surface area contributed by atoms with Crippen molar-refractivity contribution in [2.75, 3.05) is 0 Å². The van der Waals surface area contributed by atoms with Crippen LogP contribution in [0, 0.1) is 0 Å². The molecule has 94 valence electrons. The van der Waals surface area contributed by atoms with Gasteiger partial charge in [0.2, 0.25) is 0 Å². The molecular formula is C8H20BrIN2O3. The molecule has 5 nitrogen and oxygen atoms in total. The summed E-state index contributed by atoms with van der Waals surface area (Å²) in [4.78, 5) is 21.4. The monoisotopic (exact) mass is 398 g/mol. The van der Waals surface area contributed by atoms with E-state index >= 15 is 0 Å². The van der Waals surface area contributed by atoms with Gasteiger partial charge in [-0.3, -0.25) is 9.59 Å². The van der Waals surface area contributed by atoms with Gasteiger partial charge >= 0.3 is 11.9 Å². The second-order valence-corrected chi connectivity index (χ2v) is 3.52. The Morgan fingerprint density at radius 2 is 1.73 bits per heavy atom. The van der Waals surface area contributed by atoms with Crippen LogP contribution in [0.4, 0.5) is 0 Å². The smallest absolute Gasteiger partial charge is 0.327 e. The average Bonchev–Trinajstić information content (AvgIpc) is 2.03. The van der Waals surface area contributed by atoms with Crippen molar-refractivity contribution in [3.05, 3.63) is 0 Å². The number of hydrogen-bond acceptors (Lipinski definition) is 5. The fourth-order valence-corrected chi connectivity index (χ4v) is 0.691. The Bertz CT molecular complexity index is 181. The summed E-state index contributed by atoms with van der Waals surface area (Å²) in [7, 11) is 0. The van der Waals surface area contributed by atoms with E-state index in [1.165, 1.54) is 0 Å². The molecule has 6 N–H and O–H groups in total. The van der Waals surface area contributed by atoms with Gasteiger partial charge in [0.15, 0.2) is 0 Å². The van der Waals surface area contributed by atoms with Gasteiger partial charge in [0.05, 0.1) is 0 Å². The van der Waals surface area contributed by atoms with Gasteiger partial charge in [-0.1, -0.05) is 29.8 Å². The lowest BCUT2D eigenvalue weighted by Crippen LogP contribution is -2.20. The number of hydrogen-bond donors (Lipinski definition) is 2. The van der Waals surface area contributed by atoms with E-state index in [0.717, 1.165) is 0 Å². The quantitative estimate of drug-likeness (QED) is 0.327. The van der Waals surface area contributed by atoms with E-state index in [1.807, 2.05) is 13.8 Å². The molecule has 1 unspecified atom stereocenters. The van der Waals surface area contributed by atoms with Crippen LogP contribution in [0.2, 0.25) is 0 Å². The van der Waals surface area contributed by atoms with Crippen molar-refractivity contribution in [2.24, 2.45) is 0 Å². The van der Waals surface area contributed by atoms with Crippen molar-refractivity contribution in [3.8, 4) is 0 Å². The normalized spacial score (nSPS) is 9.80. The number of ether oxygens (including phenoxy) is 1. The summed E-state index contributed by atoms with van der Waals surface area (Å²) in [6.07, 6.45) is 1.62. The first kappa shape index (κ1) is 24.5. The largest absolute Gasteiger partial charge is 0.392 e. The maximum absolute atomic E-state index is 11.0. The minimum atomic E-state index is -0.490. The molecule has 0 spiro atoms. The lowest BCUT2D eigenvalue weighted by atomic mass is 10.3. The van der Waals surface area contributed by atoms with E-state index in [2.05, 4.69) is 20.7 Å². The van der Waals surface area contributed by atoms with Gasteiger partial charge in [-0.15, -0.1) is 24.0 Å². The molecule has 0 radical (unpaired) electrons. The maximum atomic E-state index is 11.0. The van der Waals surface area contributed by atoms with Crippen molar-refractivity contribution in [3.63, 3.8) is 0 Å². The Morgan fingerprint density at radius 3 is 2.07 bits per heavy atom. The third kappa shape index (κ3) is 12.2. The van der Waals surface area contributed by atoms with Gasteiger partial charge in [0.25, 0.3) is 0 Å². The second kappa shape index (κ2) is 14.3. The van der Waals surface area contributed by atoms with Crippen LogP contribution in [-0.2, 0) is 14.3 Å². The first-order chi connectivity index (χ1) is 5.61. The van der Waals surface area contributed by atoms with Gasteiger partial charge < -0.3 is 17.0 Å². The predicted molar refractivity (Wildman–Crippen MR) is 74.5 cm³/mol. The molecule has 1 atom stereocenters. The van der Waals surface area contributed by atoms with Gasteiger partial charge in [0, 0.05) is 6.42 Å². The number of esters is 2. The molecule has 0 aromatic heterocycles. The molecule has 0 amide bonds. The molecule has 0 heterocycles. The predicted octanol–water partition coefficient (Wildman–Crippen LogP) is 2.97. The Labute approximate surface area is 116 Å². The molecule has 0 aliphatic carbocycles. The van der Waals surface area contributed by atoms with Crippen LogP contribution >= 0.6 is 39.9 Å². The van der Waals surface area contributed by atoms with Gasteiger partial charge in [-0.25, -0.2) is 0 Å². The third-order valence-electron chi connectivity index (χ3n) is 1.28. The molecule has 0 fully saturated rings. The zero-order valence-corrected chi connectivity index (χ0v) is 13.0. The molecule has 0 aromatic carbocycles. The molecule has 0 bridgehead atoms. The van der Waals surface area contributed by atoms with Crippen LogP contribution in [0.5, 0.6) is 0 Å². The summed E-state index contributed by atoms with van der Waals surface area (Å²) in [5.41, 5.74) is 0. The number of halogens is 2. The van der Waals surface area contributed by atoms with Crippen LogP contribution in [0.15, 0.2) is 0 Å². The first-order valence-electron chi connectivity index (χ1n) is 4.00. The summed E-state index contributed by atoms with van der Waals surface area (Å²) >= 11 is 3.10. The highest BCUT2D eigenvalue weighted by molar-refractivity contribution is 14.0. The molecule has 0 saturated carbocycles. The zero-order valence-electron chi connectivity index (χ0n) is 9.12. The maximum Gasteiger partial charge on any atom is 0.327 e. The topological polar surface area (TPSA) is 113 Å². The van der Waals surface area contributed by atoms with Gasteiger partial charge in [0.1, 0.15) is 4.83 Å². The van der Waals surface area contributed by atoms with Crippen molar-refractivity contribution >= 4 is 51.8 Å². The van der Waals surface area contributed by atoms with E-state index in [1.54, 1.807) is 0 Å². The average molecular weight is 399 g/mol. The fourth-order valence-electron chi connectivity index (χ4n) is 0.598. The third-order valence-corrected chi connectivity index (χ3v) is 2.30. The second-order valence-electron chi connectivity index (χ2n) is 2.42. The molecule has 0 aromatic rings. The Hall–Kier alpha value is 0.270. The van der Waals surface area contributed by atoms with Crippen molar-refractivity contribution in [2.45, 2.75) is 37.9 Å². The van der Waals surface area contributed by atoms with Crippen LogP contribution in [0.3, 0.4) is 0 Å².